The van der Waals surface area contributed by atoms with E-state index in [9.17, 15) is 13.2 Å². The first kappa shape index (κ1) is 17.1. The van der Waals surface area contributed by atoms with E-state index < -0.39 is 17.5 Å². The number of rotatable bonds is 6. The lowest BCUT2D eigenvalue weighted by molar-refractivity contribution is 0.499. The molecule has 3 rings (SSSR count). The van der Waals surface area contributed by atoms with E-state index >= 15 is 0 Å². The third-order valence-corrected chi connectivity index (χ3v) is 4.81. The molecule has 0 bridgehead atoms. The molecule has 3 heteroatoms. The summed E-state index contributed by atoms with van der Waals surface area (Å²) in [5.41, 5.74) is 3.20. The third-order valence-electron chi connectivity index (χ3n) is 4.81. The van der Waals surface area contributed by atoms with Gasteiger partial charge >= 0.3 is 0 Å². The van der Waals surface area contributed by atoms with Gasteiger partial charge in [0.05, 0.1) is 0 Å². The molecule has 1 aliphatic rings. The first-order chi connectivity index (χ1) is 11.6. The highest BCUT2D eigenvalue weighted by atomic mass is 19.2. The van der Waals surface area contributed by atoms with Crippen LogP contribution in [0.1, 0.15) is 61.8 Å². The van der Waals surface area contributed by atoms with Gasteiger partial charge in [0.2, 0.25) is 0 Å². The van der Waals surface area contributed by atoms with E-state index in [4.69, 9.17) is 0 Å². The van der Waals surface area contributed by atoms with Crippen molar-refractivity contribution in [2.45, 2.75) is 58.8 Å². The molecular formula is C21H23F3. The van der Waals surface area contributed by atoms with Gasteiger partial charge in [-0.15, -0.1) is 0 Å². The second kappa shape index (κ2) is 7.00. The summed E-state index contributed by atoms with van der Waals surface area (Å²) < 4.78 is 43.4. The Bertz CT molecular complexity index is 762. The van der Waals surface area contributed by atoms with Crippen molar-refractivity contribution in [2.24, 2.45) is 0 Å². The molecule has 0 saturated heterocycles. The van der Waals surface area contributed by atoms with E-state index in [0.29, 0.717) is 24.0 Å². The standard InChI is InChI=1S/C21H23F3/c1-3-5-6-8-13-9-15-12-16-11-14(7-4-2)20(23)21(24)19(16)18(15)17(22)10-13/h9-11H,3-8,12H2,1-2H3. The molecule has 1 aliphatic carbocycles. The molecule has 0 N–H and O–H groups in total. The normalized spacial score (nSPS) is 12.4. The average Bonchev–Trinajstić information content (AvgIpc) is 2.91. The third kappa shape index (κ3) is 2.97. The van der Waals surface area contributed by atoms with E-state index in [1.165, 1.54) is 6.07 Å². The topological polar surface area (TPSA) is 0 Å². The van der Waals surface area contributed by atoms with Crippen LogP contribution in [0.5, 0.6) is 0 Å². The summed E-state index contributed by atoms with van der Waals surface area (Å²) in [6.07, 6.45) is 5.80. The molecule has 128 valence electrons. The maximum atomic E-state index is 14.6. The van der Waals surface area contributed by atoms with Crippen LogP contribution in [0.2, 0.25) is 0 Å². The van der Waals surface area contributed by atoms with Crippen molar-refractivity contribution in [1.82, 2.24) is 0 Å². The highest BCUT2D eigenvalue weighted by Crippen LogP contribution is 2.42. The van der Waals surface area contributed by atoms with Crippen LogP contribution < -0.4 is 0 Å². The largest absolute Gasteiger partial charge is 0.206 e. The number of unbranched alkanes of at least 4 members (excludes halogenated alkanes) is 2. The minimum Gasteiger partial charge on any atom is -0.206 e. The van der Waals surface area contributed by atoms with E-state index in [1.807, 2.05) is 13.0 Å². The zero-order valence-electron chi connectivity index (χ0n) is 14.3. The first-order valence-corrected chi connectivity index (χ1v) is 8.88. The number of aryl methyl sites for hydroxylation is 2. The molecule has 0 aliphatic heterocycles. The number of fused-ring (bicyclic) bond motifs is 3. The van der Waals surface area contributed by atoms with Crippen LogP contribution >= 0.6 is 0 Å². The van der Waals surface area contributed by atoms with Crippen LogP contribution in [-0.2, 0) is 19.3 Å². The summed E-state index contributed by atoms with van der Waals surface area (Å²) in [5.74, 6) is -2.15. The average molecular weight is 332 g/mol. The van der Waals surface area contributed by atoms with E-state index in [1.54, 1.807) is 6.07 Å². The molecule has 2 aromatic carbocycles. The predicted octanol–water partition coefficient (Wildman–Crippen LogP) is 6.36. The summed E-state index contributed by atoms with van der Waals surface area (Å²) in [6.45, 7) is 4.06. The predicted molar refractivity (Wildman–Crippen MR) is 91.8 cm³/mol. The van der Waals surface area contributed by atoms with Crippen LogP contribution in [-0.4, -0.2) is 0 Å². The lowest BCUT2D eigenvalue weighted by Gasteiger charge is -2.10. The number of hydrogen-bond donors (Lipinski definition) is 0. The van der Waals surface area contributed by atoms with Gasteiger partial charge in [0.1, 0.15) is 5.82 Å². The van der Waals surface area contributed by atoms with Crippen molar-refractivity contribution in [3.05, 3.63) is 57.9 Å². The number of hydrogen-bond acceptors (Lipinski definition) is 0. The second-order valence-electron chi connectivity index (χ2n) is 6.69. The van der Waals surface area contributed by atoms with Gasteiger partial charge < -0.3 is 0 Å². The summed E-state index contributed by atoms with van der Waals surface area (Å²) in [7, 11) is 0. The Morgan fingerprint density at radius 3 is 2.25 bits per heavy atom. The molecule has 0 unspecified atom stereocenters. The Balaban J connectivity index is 2.01. The first-order valence-electron chi connectivity index (χ1n) is 8.88. The minimum absolute atomic E-state index is 0.125. The maximum Gasteiger partial charge on any atom is 0.167 e. The highest BCUT2D eigenvalue weighted by Gasteiger charge is 2.29. The Kier molecular flexibility index (Phi) is 4.98. The fourth-order valence-electron chi connectivity index (χ4n) is 3.67. The fourth-order valence-corrected chi connectivity index (χ4v) is 3.67. The van der Waals surface area contributed by atoms with Crippen LogP contribution in [0.25, 0.3) is 11.1 Å². The highest BCUT2D eigenvalue weighted by molar-refractivity contribution is 5.78. The Hall–Kier alpha value is -1.77. The van der Waals surface area contributed by atoms with Gasteiger partial charge in [-0.3, -0.25) is 0 Å². The molecule has 0 aromatic heterocycles. The van der Waals surface area contributed by atoms with E-state index in [-0.39, 0.29) is 11.1 Å². The molecule has 24 heavy (non-hydrogen) atoms. The van der Waals surface area contributed by atoms with Gasteiger partial charge in [0, 0.05) is 11.1 Å². The monoisotopic (exact) mass is 332 g/mol. The van der Waals surface area contributed by atoms with Gasteiger partial charge in [-0.05, 0) is 54.0 Å². The van der Waals surface area contributed by atoms with Crippen molar-refractivity contribution in [3.63, 3.8) is 0 Å². The minimum atomic E-state index is -0.896. The lowest BCUT2D eigenvalue weighted by Crippen LogP contribution is -1.99. The van der Waals surface area contributed by atoms with E-state index in [0.717, 1.165) is 43.2 Å². The van der Waals surface area contributed by atoms with Crippen molar-refractivity contribution in [3.8, 4) is 11.1 Å². The lowest BCUT2D eigenvalue weighted by atomic mass is 9.98. The van der Waals surface area contributed by atoms with Crippen molar-refractivity contribution in [1.29, 1.82) is 0 Å². The van der Waals surface area contributed by atoms with Crippen LogP contribution in [0.4, 0.5) is 13.2 Å². The molecule has 0 radical (unpaired) electrons. The molecule has 0 nitrogen and oxygen atoms in total. The molecule has 0 spiro atoms. The Morgan fingerprint density at radius 2 is 1.54 bits per heavy atom. The van der Waals surface area contributed by atoms with Crippen molar-refractivity contribution < 1.29 is 13.2 Å². The molecule has 0 heterocycles. The SMILES string of the molecule is CCCCCc1cc(F)c2c(c1)Cc1cc(CCC)c(F)c(F)c1-2. The van der Waals surface area contributed by atoms with Gasteiger partial charge in [-0.1, -0.05) is 45.2 Å². The molecule has 2 aromatic rings. The fraction of sp³-hybridized carbons (Fsp3) is 0.429. The molecule has 0 saturated carbocycles. The summed E-state index contributed by atoms with van der Waals surface area (Å²) in [5, 5.41) is 0. The zero-order valence-corrected chi connectivity index (χ0v) is 14.3. The zero-order chi connectivity index (χ0) is 17.3. The van der Waals surface area contributed by atoms with E-state index in [2.05, 4.69) is 6.92 Å². The summed E-state index contributed by atoms with van der Waals surface area (Å²) in [4.78, 5) is 0. The van der Waals surface area contributed by atoms with Crippen LogP contribution in [0.3, 0.4) is 0 Å². The van der Waals surface area contributed by atoms with Gasteiger partial charge in [-0.25, -0.2) is 13.2 Å². The number of halogens is 3. The molecule has 0 fully saturated rings. The Morgan fingerprint density at radius 1 is 0.792 bits per heavy atom. The summed E-state index contributed by atoms with van der Waals surface area (Å²) in [6, 6.07) is 5.17. The second-order valence-corrected chi connectivity index (χ2v) is 6.69. The van der Waals surface area contributed by atoms with Crippen molar-refractivity contribution >= 4 is 0 Å². The molecular weight excluding hydrogens is 309 g/mol. The van der Waals surface area contributed by atoms with Gasteiger partial charge in [0.15, 0.2) is 11.6 Å². The summed E-state index contributed by atoms with van der Waals surface area (Å²) >= 11 is 0. The smallest absolute Gasteiger partial charge is 0.167 e. The Labute approximate surface area is 141 Å². The van der Waals surface area contributed by atoms with Gasteiger partial charge in [-0.2, -0.15) is 0 Å². The number of benzene rings is 2. The quantitative estimate of drug-likeness (QED) is 0.461. The van der Waals surface area contributed by atoms with Gasteiger partial charge in [0.25, 0.3) is 0 Å². The molecule has 0 amide bonds. The van der Waals surface area contributed by atoms with Crippen LogP contribution in [0, 0.1) is 17.5 Å². The molecule has 0 atom stereocenters. The maximum absolute atomic E-state index is 14.6. The van der Waals surface area contributed by atoms with Crippen molar-refractivity contribution in [2.75, 3.05) is 0 Å². The van der Waals surface area contributed by atoms with Crippen LogP contribution in [0.15, 0.2) is 18.2 Å².